The van der Waals surface area contributed by atoms with Crippen LogP contribution >= 0.6 is 0 Å². The fourth-order valence-electron chi connectivity index (χ4n) is 2.94. The molecule has 2 rings (SSSR count). The molecule has 0 aromatic heterocycles. The fraction of sp³-hybridized carbons (Fsp3) is 1.00. The first-order valence-corrected chi connectivity index (χ1v) is 6.39. The third-order valence-electron chi connectivity index (χ3n) is 4.37. The first-order valence-electron chi connectivity index (χ1n) is 6.39. The van der Waals surface area contributed by atoms with Crippen LogP contribution in [0.2, 0.25) is 0 Å². The molecular weight excluding hydrogens is 186 g/mol. The van der Waals surface area contributed by atoms with Crippen LogP contribution in [0.15, 0.2) is 0 Å². The van der Waals surface area contributed by atoms with E-state index in [0.29, 0.717) is 0 Å². The monoisotopic (exact) mass is 211 g/mol. The molecule has 88 valence electrons. The molecule has 0 bridgehead atoms. The Morgan fingerprint density at radius 1 is 1.33 bits per heavy atom. The molecule has 2 heteroatoms. The van der Waals surface area contributed by atoms with Crippen LogP contribution in [0.3, 0.4) is 0 Å². The quantitative estimate of drug-likeness (QED) is 0.758. The van der Waals surface area contributed by atoms with Crippen molar-refractivity contribution >= 4 is 0 Å². The SMILES string of the molecule is CCC1(C)CNCC2(CC(C(C)C)C2)O1. The van der Waals surface area contributed by atoms with Gasteiger partial charge in [0.15, 0.2) is 0 Å². The summed E-state index contributed by atoms with van der Waals surface area (Å²) in [6, 6.07) is 0. The van der Waals surface area contributed by atoms with Crippen molar-refractivity contribution in [2.45, 2.75) is 58.2 Å². The van der Waals surface area contributed by atoms with Gasteiger partial charge in [0.05, 0.1) is 11.2 Å². The number of ether oxygens (including phenoxy) is 1. The summed E-state index contributed by atoms with van der Waals surface area (Å²) in [4.78, 5) is 0. The average molecular weight is 211 g/mol. The molecule has 1 heterocycles. The molecule has 1 aliphatic carbocycles. The molecule has 0 radical (unpaired) electrons. The van der Waals surface area contributed by atoms with E-state index in [4.69, 9.17) is 4.74 Å². The lowest BCUT2D eigenvalue weighted by atomic mass is 9.65. The number of hydrogen-bond donors (Lipinski definition) is 1. The van der Waals surface area contributed by atoms with Gasteiger partial charge in [0.2, 0.25) is 0 Å². The normalized spacial score (nSPS) is 45.8. The lowest BCUT2D eigenvalue weighted by Crippen LogP contribution is -2.64. The van der Waals surface area contributed by atoms with Crippen molar-refractivity contribution in [2.24, 2.45) is 11.8 Å². The molecule has 1 N–H and O–H groups in total. The molecule has 1 saturated heterocycles. The van der Waals surface area contributed by atoms with Crippen LogP contribution in [0, 0.1) is 11.8 Å². The minimum absolute atomic E-state index is 0.0696. The van der Waals surface area contributed by atoms with Crippen molar-refractivity contribution in [2.75, 3.05) is 13.1 Å². The number of hydrogen-bond acceptors (Lipinski definition) is 2. The highest BCUT2D eigenvalue weighted by Gasteiger charge is 2.51. The predicted molar refractivity (Wildman–Crippen MR) is 62.9 cm³/mol. The molecule has 1 spiro atoms. The topological polar surface area (TPSA) is 21.3 Å². The smallest absolute Gasteiger partial charge is 0.0819 e. The average Bonchev–Trinajstić information content (AvgIpc) is 2.14. The van der Waals surface area contributed by atoms with Gasteiger partial charge in [-0.3, -0.25) is 0 Å². The van der Waals surface area contributed by atoms with Crippen LogP contribution in [-0.4, -0.2) is 24.3 Å². The van der Waals surface area contributed by atoms with Crippen LogP contribution in [0.25, 0.3) is 0 Å². The Labute approximate surface area is 93.8 Å². The van der Waals surface area contributed by atoms with Gasteiger partial charge in [0, 0.05) is 13.1 Å². The molecule has 1 atom stereocenters. The highest BCUT2D eigenvalue weighted by Crippen LogP contribution is 2.47. The maximum absolute atomic E-state index is 6.36. The van der Waals surface area contributed by atoms with E-state index in [1.165, 1.54) is 12.8 Å². The van der Waals surface area contributed by atoms with Crippen LogP contribution in [0.4, 0.5) is 0 Å². The predicted octanol–water partition coefficient (Wildman–Crippen LogP) is 2.58. The van der Waals surface area contributed by atoms with Crippen molar-refractivity contribution in [3.63, 3.8) is 0 Å². The van der Waals surface area contributed by atoms with Gasteiger partial charge in [0.1, 0.15) is 0 Å². The van der Waals surface area contributed by atoms with Gasteiger partial charge in [-0.15, -0.1) is 0 Å². The maximum Gasteiger partial charge on any atom is 0.0819 e. The lowest BCUT2D eigenvalue weighted by molar-refractivity contribution is -0.225. The summed E-state index contributed by atoms with van der Waals surface area (Å²) in [7, 11) is 0. The summed E-state index contributed by atoms with van der Waals surface area (Å²) in [6.07, 6.45) is 3.62. The second-order valence-electron chi connectivity index (χ2n) is 6.10. The zero-order valence-corrected chi connectivity index (χ0v) is 10.6. The standard InChI is InChI=1S/C13H25NO/c1-5-12(4)8-14-9-13(15-12)6-11(7-13)10(2)3/h10-11,14H,5-9H2,1-4H3. The van der Waals surface area contributed by atoms with Gasteiger partial charge in [-0.1, -0.05) is 20.8 Å². The third-order valence-corrected chi connectivity index (χ3v) is 4.37. The highest BCUT2D eigenvalue weighted by atomic mass is 16.5. The Morgan fingerprint density at radius 3 is 2.53 bits per heavy atom. The van der Waals surface area contributed by atoms with Gasteiger partial charge in [-0.25, -0.2) is 0 Å². The summed E-state index contributed by atoms with van der Waals surface area (Å²) in [5.41, 5.74) is 0.248. The van der Waals surface area contributed by atoms with E-state index in [2.05, 4.69) is 33.0 Å². The van der Waals surface area contributed by atoms with Crippen molar-refractivity contribution in [3.8, 4) is 0 Å². The van der Waals surface area contributed by atoms with Gasteiger partial charge in [-0.2, -0.15) is 0 Å². The van der Waals surface area contributed by atoms with Gasteiger partial charge in [0.25, 0.3) is 0 Å². The maximum atomic E-state index is 6.36. The molecule has 15 heavy (non-hydrogen) atoms. The molecule has 2 fully saturated rings. The zero-order valence-electron chi connectivity index (χ0n) is 10.6. The molecule has 0 amide bonds. The minimum atomic E-state index is 0.0696. The number of rotatable bonds is 2. The van der Waals surface area contributed by atoms with Crippen LogP contribution < -0.4 is 5.32 Å². The first kappa shape index (κ1) is 11.4. The summed E-state index contributed by atoms with van der Waals surface area (Å²) in [5, 5.41) is 3.55. The molecule has 2 aliphatic rings. The Morgan fingerprint density at radius 2 is 2.00 bits per heavy atom. The van der Waals surface area contributed by atoms with E-state index in [-0.39, 0.29) is 11.2 Å². The Bertz CT molecular complexity index is 233. The van der Waals surface area contributed by atoms with Crippen LogP contribution in [-0.2, 0) is 4.74 Å². The molecule has 1 aliphatic heterocycles. The highest BCUT2D eigenvalue weighted by molar-refractivity contribution is 5.03. The van der Waals surface area contributed by atoms with E-state index < -0.39 is 0 Å². The second kappa shape index (κ2) is 3.74. The van der Waals surface area contributed by atoms with Crippen LogP contribution in [0.1, 0.15) is 47.0 Å². The van der Waals surface area contributed by atoms with Crippen LogP contribution in [0.5, 0.6) is 0 Å². The van der Waals surface area contributed by atoms with E-state index in [0.717, 1.165) is 31.3 Å². The van der Waals surface area contributed by atoms with Crippen molar-refractivity contribution < 1.29 is 4.74 Å². The fourth-order valence-corrected chi connectivity index (χ4v) is 2.94. The Hall–Kier alpha value is -0.0800. The van der Waals surface area contributed by atoms with E-state index in [9.17, 15) is 0 Å². The first-order chi connectivity index (χ1) is 6.99. The molecule has 0 aromatic carbocycles. The minimum Gasteiger partial charge on any atom is -0.366 e. The second-order valence-corrected chi connectivity index (χ2v) is 6.10. The largest absolute Gasteiger partial charge is 0.366 e. The van der Waals surface area contributed by atoms with Crippen molar-refractivity contribution in [3.05, 3.63) is 0 Å². The Balaban J connectivity index is 1.95. The molecular formula is C13H25NO. The van der Waals surface area contributed by atoms with Gasteiger partial charge in [-0.05, 0) is 38.0 Å². The zero-order chi connectivity index (χ0) is 11.1. The third kappa shape index (κ3) is 2.07. The van der Waals surface area contributed by atoms with Crippen molar-refractivity contribution in [1.29, 1.82) is 0 Å². The van der Waals surface area contributed by atoms with Crippen molar-refractivity contribution in [1.82, 2.24) is 5.32 Å². The molecule has 2 nitrogen and oxygen atoms in total. The summed E-state index contributed by atoms with van der Waals surface area (Å²) in [6.45, 7) is 11.2. The Kier molecular flexibility index (Phi) is 2.85. The van der Waals surface area contributed by atoms with E-state index >= 15 is 0 Å². The number of nitrogens with one attached hydrogen (secondary N) is 1. The summed E-state index contributed by atoms with van der Waals surface area (Å²) < 4.78 is 6.36. The molecule has 1 saturated carbocycles. The molecule has 1 unspecified atom stereocenters. The lowest BCUT2D eigenvalue weighted by Gasteiger charge is -2.56. The van der Waals surface area contributed by atoms with Gasteiger partial charge < -0.3 is 10.1 Å². The summed E-state index contributed by atoms with van der Waals surface area (Å²) in [5.74, 6) is 1.69. The van der Waals surface area contributed by atoms with E-state index in [1.807, 2.05) is 0 Å². The number of morpholine rings is 1. The molecule has 0 aromatic rings. The van der Waals surface area contributed by atoms with Gasteiger partial charge >= 0.3 is 0 Å². The summed E-state index contributed by atoms with van der Waals surface area (Å²) >= 11 is 0. The van der Waals surface area contributed by atoms with E-state index in [1.54, 1.807) is 0 Å².